The number of methoxy groups -OCH3 is 1. The first-order valence-corrected chi connectivity index (χ1v) is 7.40. The number of ether oxygens (including phenoxy) is 2. The lowest BCUT2D eigenvalue weighted by Gasteiger charge is -2.27. The molecule has 3 rings (SSSR count). The molecule has 0 bridgehead atoms. The zero-order chi connectivity index (χ0) is 17.1. The van der Waals surface area contributed by atoms with Crippen LogP contribution in [-0.4, -0.2) is 31.0 Å². The van der Waals surface area contributed by atoms with E-state index in [2.05, 4.69) is 5.16 Å². The first-order valence-electron chi connectivity index (χ1n) is 7.40. The molecule has 1 atom stereocenters. The SMILES string of the molecule is CON=C1C[C@H](c2cccc(C(=O)OC)c2)Oc2cc(O)ccc21. The molecule has 0 radical (unpaired) electrons. The first-order chi connectivity index (χ1) is 11.6. The van der Waals surface area contributed by atoms with Crippen LogP contribution >= 0.6 is 0 Å². The van der Waals surface area contributed by atoms with Crippen LogP contribution in [-0.2, 0) is 9.57 Å². The fourth-order valence-electron chi connectivity index (χ4n) is 2.69. The maximum Gasteiger partial charge on any atom is 0.337 e. The largest absolute Gasteiger partial charge is 0.508 e. The molecule has 24 heavy (non-hydrogen) atoms. The summed E-state index contributed by atoms with van der Waals surface area (Å²) in [5.74, 6) is 0.219. The molecule has 6 nitrogen and oxygen atoms in total. The summed E-state index contributed by atoms with van der Waals surface area (Å²) in [5.41, 5.74) is 2.75. The number of oxime groups is 1. The van der Waals surface area contributed by atoms with Gasteiger partial charge in [0.05, 0.1) is 18.4 Å². The lowest BCUT2D eigenvalue weighted by Crippen LogP contribution is -2.21. The Hall–Kier alpha value is -3.02. The Morgan fingerprint density at radius 2 is 2.08 bits per heavy atom. The maximum atomic E-state index is 11.7. The molecule has 0 unspecified atom stereocenters. The van der Waals surface area contributed by atoms with Gasteiger partial charge in [-0.1, -0.05) is 17.3 Å². The predicted octanol–water partition coefficient (Wildman–Crippen LogP) is 3.05. The number of fused-ring (bicyclic) bond motifs is 1. The smallest absolute Gasteiger partial charge is 0.337 e. The molecule has 2 aromatic carbocycles. The summed E-state index contributed by atoms with van der Waals surface area (Å²) in [6, 6.07) is 11.9. The van der Waals surface area contributed by atoms with Crippen molar-refractivity contribution < 1.29 is 24.2 Å². The molecule has 1 aliphatic rings. The molecular formula is C18H17NO5. The molecule has 0 saturated carbocycles. The number of esters is 1. The minimum Gasteiger partial charge on any atom is -0.508 e. The van der Waals surface area contributed by atoms with Crippen LogP contribution in [0.2, 0.25) is 0 Å². The minimum atomic E-state index is -0.406. The second kappa shape index (κ2) is 6.62. The van der Waals surface area contributed by atoms with E-state index in [4.69, 9.17) is 14.3 Å². The van der Waals surface area contributed by atoms with Gasteiger partial charge in [0.1, 0.15) is 24.7 Å². The fourth-order valence-corrected chi connectivity index (χ4v) is 2.69. The van der Waals surface area contributed by atoms with Gasteiger partial charge in [0.25, 0.3) is 0 Å². The van der Waals surface area contributed by atoms with Crippen molar-refractivity contribution in [3.05, 3.63) is 59.2 Å². The maximum absolute atomic E-state index is 11.7. The van der Waals surface area contributed by atoms with Crippen LogP contribution < -0.4 is 4.74 Å². The molecule has 6 heteroatoms. The molecule has 1 heterocycles. The van der Waals surface area contributed by atoms with Gasteiger partial charge in [0.2, 0.25) is 0 Å². The molecule has 0 amide bonds. The van der Waals surface area contributed by atoms with Crippen molar-refractivity contribution in [3.63, 3.8) is 0 Å². The number of carbonyl (C=O) groups excluding carboxylic acids is 1. The highest BCUT2D eigenvalue weighted by molar-refractivity contribution is 6.04. The second-order valence-corrected chi connectivity index (χ2v) is 5.33. The summed E-state index contributed by atoms with van der Waals surface area (Å²) in [5, 5.41) is 13.8. The highest BCUT2D eigenvalue weighted by Gasteiger charge is 2.27. The Morgan fingerprint density at radius 3 is 2.83 bits per heavy atom. The minimum absolute atomic E-state index is 0.106. The molecule has 124 valence electrons. The molecule has 0 saturated heterocycles. The van der Waals surface area contributed by atoms with E-state index in [1.54, 1.807) is 30.3 Å². The van der Waals surface area contributed by atoms with Gasteiger partial charge in [-0.3, -0.25) is 0 Å². The van der Waals surface area contributed by atoms with Crippen LogP contribution in [0.1, 0.15) is 34.0 Å². The number of hydrogen-bond donors (Lipinski definition) is 1. The monoisotopic (exact) mass is 327 g/mol. The van der Waals surface area contributed by atoms with E-state index in [1.165, 1.54) is 20.3 Å². The summed E-state index contributed by atoms with van der Waals surface area (Å²) in [4.78, 5) is 16.6. The average Bonchev–Trinajstić information content (AvgIpc) is 2.61. The standard InChI is InChI=1S/C18H17NO5/c1-22-18(21)12-5-3-4-11(8-12)16-10-15(19-23-2)14-7-6-13(20)9-17(14)24-16/h3-9,16,20H,10H2,1-2H3/t16-/m1/s1. The second-order valence-electron chi connectivity index (χ2n) is 5.33. The highest BCUT2D eigenvalue weighted by Crippen LogP contribution is 2.37. The first kappa shape index (κ1) is 15.9. The Balaban J connectivity index is 1.99. The summed E-state index contributed by atoms with van der Waals surface area (Å²) < 4.78 is 10.7. The summed E-state index contributed by atoms with van der Waals surface area (Å²) in [7, 11) is 2.82. The normalized spacial score (nSPS) is 17.8. The van der Waals surface area contributed by atoms with Crippen LogP contribution in [0, 0.1) is 0 Å². The molecule has 1 aliphatic heterocycles. The quantitative estimate of drug-likeness (QED) is 0.692. The van der Waals surface area contributed by atoms with Crippen LogP contribution in [0.3, 0.4) is 0 Å². The zero-order valence-corrected chi connectivity index (χ0v) is 13.4. The van der Waals surface area contributed by atoms with Crippen LogP contribution in [0.5, 0.6) is 11.5 Å². The predicted molar refractivity (Wildman–Crippen MR) is 87.4 cm³/mol. The van der Waals surface area contributed by atoms with Crippen molar-refractivity contribution in [2.75, 3.05) is 14.2 Å². The summed E-state index contributed by atoms with van der Waals surface area (Å²) >= 11 is 0. The molecule has 0 aliphatic carbocycles. The van der Waals surface area contributed by atoms with E-state index in [9.17, 15) is 9.90 Å². The van der Waals surface area contributed by atoms with Gasteiger partial charge in [0.15, 0.2) is 0 Å². The summed E-state index contributed by atoms with van der Waals surface area (Å²) in [6.45, 7) is 0. The van der Waals surface area contributed by atoms with Crippen molar-refractivity contribution >= 4 is 11.7 Å². The van der Waals surface area contributed by atoms with E-state index in [-0.39, 0.29) is 11.9 Å². The Labute approximate surface area is 139 Å². The third-order valence-electron chi connectivity index (χ3n) is 3.81. The molecule has 0 fully saturated rings. The van der Waals surface area contributed by atoms with E-state index in [1.807, 2.05) is 6.07 Å². The van der Waals surface area contributed by atoms with Crippen LogP contribution in [0.4, 0.5) is 0 Å². The molecule has 0 spiro atoms. The Kier molecular flexibility index (Phi) is 4.37. The molecule has 1 N–H and O–H groups in total. The van der Waals surface area contributed by atoms with Gasteiger partial charge in [-0.25, -0.2) is 4.79 Å². The van der Waals surface area contributed by atoms with Gasteiger partial charge in [-0.2, -0.15) is 0 Å². The Morgan fingerprint density at radius 1 is 1.25 bits per heavy atom. The van der Waals surface area contributed by atoms with Crippen molar-refractivity contribution in [1.29, 1.82) is 0 Å². The number of benzene rings is 2. The van der Waals surface area contributed by atoms with E-state index >= 15 is 0 Å². The van der Waals surface area contributed by atoms with Gasteiger partial charge in [-0.05, 0) is 29.8 Å². The van der Waals surface area contributed by atoms with E-state index < -0.39 is 5.97 Å². The van der Waals surface area contributed by atoms with Gasteiger partial charge < -0.3 is 19.4 Å². The molecule has 0 aromatic heterocycles. The number of phenols is 1. The van der Waals surface area contributed by atoms with Crippen LogP contribution in [0.15, 0.2) is 47.6 Å². The topological polar surface area (TPSA) is 77.4 Å². The number of phenolic OH excluding ortho intramolecular Hbond substituents is 1. The lowest BCUT2D eigenvalue weighted by atomic mass is 9.94. The third kappa shape index (κ3) is 3.03. The third-order valence-corrected chi connectivity index (χ3v) is 3.81. The number of rotatable bonds is 3. The fraction of sp³-hybridized carbons (Fsp3) is 0.222. The zero-order valence-electron chi connectivity index (χ0n) is 13.4. The van der Waals surface area contributed by atoms with E-state index in [0.29, 0.717) is 23.4 Å². The highest BCUT2D eigenvalue weighted by atomic mass is 16.6. The lowest BCUT2D eigenvalue weighted by molar-refractivity contribution is 0.0600. The number of aromatic hydroxyl groups is 1. The van der Waals surface area contributed by atoms with Crippen molar-refractivity contribution in [1.82, 2.24) is 0 Å². The number of nitrogens with zero attached hydrogens (tertiary/aromatic N) is 1. The number of hydrogen-bond acceptors (Lipinski definition) is 6. The number of carbonyl (C=O) groups is 1. The van der Waals surface area contributed by atoms with Crippen molar-refractivity contribution in [2.24, 2.45) is 5.16 Å². The Bertz CT molecular complexity index is 800. The van der Waals surface area contributed by atoms with Crippen molar-refractivity contribution in [2.45, 2.75) is 12.5 Å². The van der Waals surface area contributed by atoms with Gasteiger partial charge in [0, 0.05) is 18.1 Å². The van der Waals surface area contributed by atoms with E-state index in [0.717, 1.165) is 11.1 Å². The van der Waals surface area contributed by atoms with Crippen molar-refractivity contribution in [3.8, 4) is 11.5 Å². The van der Waals surface area contributed by atoms with Gasteiger partial charge >= 0.3 is 5.97 Å². The average molecular weight is 327 g/mol. The molecular weight excluding hydrogens is 310 g/mol. The molecule has 2 aromatic rings. The van der Waals surface area contributed by atoms with Gasteiger partial charge in [-0.15, -0.1) is 0 Å². The van der Waals surface area contributed by atoms with Crippen LogP contribution in [0.25, 0.3) is 0 Å². The summed E-state index contributed by atoms with van der Waals surface area (Å²) in [6.07, 6.45) is 0.133.